The maximum atomic E-state index is 10.5. The van der Waals surface area contributed by atoms with Gasteiger partial charge in [-0.25, -0.2) is 0 Å². The van der Waals surface area contributed by atoms with Gasteiger partial charge >= 0.3 is 0 Å². The van der Waals surface area contributed by atoms with Crippen LogP contribution >= 0.6 is 0 Å². The Bertz CT molecular complexity index is 325. The maximum absolute atomic E-state index is 10.5. The van der Waals surface area contributed by atoms with E-state index in [4.69, 9.17) is 4.74 Å². The summed E-state index contributed by atoms with van der Waals surface area (Å²) in [6.07, 6.45) is 7.77. The Morgan fingerprint density at radius 1 is 1.09 bits per heavy atom. The number of nitrogens with one attached hydrogen (secondary N) is 1. The van der Waals surface area contributed by atoms with Crippen molar-refractivity contribution in [3.63, 3.8) is 0 Å². The molecule has 0 bridgehead atoms. The standard InChI is InChI=1S/C18H34N2O2/c1-14-2-4-15(5-3-14)10-16-11-18(21)17(19-12-16)13-20-6-8-22-9-7-20/h14-19,21H,2-13H2,1H3. The van der Waals surface area contributed by atoms with Crippen molar-refractivity contribution in [1.29, 1.82) is 0 Å². The second-order valence-corrected chi connectivity index (χ2v) is 7.96. The summed E-state index contributed by atoms with van der Waals surface area (Å²) in [5, 5.41) is 14.2. The van der Waals surface area contributed by atoms with Crippen molar-refractivity contribution in [3.8, 4) is 0 Å². The summed E-state index contributed by atoms with van der Waals surface area (Å²) in [7, 11) is 0. The van der Waals surface area contributed by atoms with Crippen molar-refractivity contribution >= 4 is 0 Å². The van der Waals surface area contributed by atoms with Gasteiger partial charge in [0.1, 0.15) is 0 Å². The zero-order chi connectivity index (χ0) is 15.4. The molecule has 2 N–H and O–H groups in total. The fourth-order valence-electron chi connectivity index (χ4n) is 4.51. The average molecular weight is 310 g/mol. The highest BCUT2D eigenvalue weighted by atomic mass is 16.5. The monoisotopic (exact) mass is 310 g/mol. The average Bonchev–Trinajstić information content (AvgIpc) is 2.53. The van der Waals surface area contributed by atoms with Crippen LogP contribution in [0.3, 0.4) is 0 Å². The molecule has 22 heavy (non-hydrogen) atoms. The highest BCUT2D eigenvalue weighted by Crippen LogP contribution is 2.34. The first kappa shape index (κ1) is 16.7. The molecule has 128 valence electrons. The molecule has 0 aromatic heterocycles. The quantitative estimate of drug-likeness (QED) is 0.832. The molecule has 2 heterocycles. The van der Waals surface area contributed by atoms with E-state index in [-0.39, 0.29) is 12.1 Å². The summed E-state index contributed by atoms with van der Waals surface area (Å²) in [5.74, 6) is 2.52. The summed E-state index contributed by atoms with van der Waals surface area (Å²) in [6.45, 7) is 8.15. The van der Waals surface area contributed by atoms with Crippen molar-refractivity contribution in [2.45, 2.75) is 57.6 Å². The lowest BCUT2D eigenvalue weighted by molar-refractivity contribution is 0.00582. The van der Waals surface area contributed by atoms with Crippen LogP contribution in [0.25, 0.3) is 0 Å². The molecule has 0 spiro atoms. The van der Waals surface area contributed by atoms with E-state index in [1.54, 1.807) is 0 Å². The van der Waals surface area contributed by atoms with E-state index in [1.165, 1.54) is 32.1 Å². The van der Waals surface area contributed by atoms with E-state index < -0.39 is 0 Å². The Labute approximate surface area is 135 Å². The van der Waals surface area contributed by atoms with Crippen molar-refractivity contribution in [2.75, 3.05) is 39.4 Å². The van der Waals surface area contributed by atoms with Crippen molar-refractivity contribution < 1.29 is 9.84 Å². The Kier molecular flexibility index (Phi) is 6.14. The highest BCUT2D eigenvalue weighted by Gasteiger charge is 2.32. The largest absolute Gasteiger partial charge is 0.391 e. The number of aliphatic hydroxyl groups excluding tert-OH is 1. The number of hydrogen-bond acceptors (Lipinski definition) is 4. The molecule has 3 fully saturated rings. The molecule has 3 rings (SSSR count). The van der Waals surface area contributed by atoms with Gasteiger partial charge in [0.2, 0.25) is 0 Å². The molecule has 0 radical (unpaired) electrons. The van der Waals surface area contributed by atoms with Crippen LogP contribution in [0.1, 0.15) is 45.4 Å². The summed E-state index contributed by atoms with van der Waals surface area (Å²) in [6, 6.07) is 0.251. The van der Waals surface area contributed by atoms with E-state index in [2.05, 4.69) is 17.1 Å². The molecule has 2 aliphatic heterocycles. The van der Waals surface area contributed by atoms with Gasteiger partial charge in [0.25, 0.3) is 0 Å². The predicted octanol–water partition coefficient (Wildman–Crippen LogP) is 1.87. The van der Waals surface area contributed by atoms with Gasteiger partial charge in [-0.2, -0.15) is 0 Å². The summed E-state index contributed by atoms with van der Waals surface area (Å²) >= 11 is 0. The van der Waals surface area contributed by atoms with Crippen molar-refractivity contribution in [3.05, 3.63) is 0 Å². The topological polar surface area (TPSA) is 44.7 Å². The van der Waals surface area contributed by atoms with Gasteiger partial charge in [-0.05, 0) is 37.1 Å². The minimum atomic E-state index is -0.177. The molecule has 3 unspecified atom stereocenters. The van der Waals surface area contributed by atoms with Gasteiger partial charge in [0.15, 0.2) is 0 Å². The SMILES string of the molecule is CC1CCC(CC2CNC(CN3CCOCC3)C(O)C2)CC1. The van der Waals surface area contributed by atoms with Gasteiger partial charge < -0.3 is 15.2 Å². The first-order valence-electron chi connectivity index (χ1n) is 9.42. The van der Waals surface area contributed by atoms with Gasteiger partial charge in [0, 0.05) is 25.7 Å². The molecule has 4 nitrogen and oxygen atoms in total. The Hall–Kier alpha value is -0.160. The van der Waals surface area contributed by atoms with Crippen LogP contribution in [0, 0.1) is 17.8 Å². The predicted molar refractivity (Wildman–Crippen MR) is 88.9 cm³/mol. The highest BCUT2D eigenvalue weighted by molar-refractivity contribution is 4.89. The second-order valence-electron chi connectivity index (χ2n) is 7.96. The van der Waals surface area contributed by atoms with Crippen LogP contribution in [-0.4, -0.2) is 61.5 Å². The lowest BCUT2D eigenvalue weighted by Crippen LogP contribution is -2.55. The zero-order valence-electron chi connectivity index (χ0n) is 14.2. The van der Waals surface area contributed by atoms with Gasteiger partial charge in [-0.15, -0.1) is 0 Å². The molecule has 1 saturated carbocycles. The third-order valence-electron chi connectivity index (χ3n) is 6.07. The van der Waals surface area contributed by atoms with Crippen LogP contribution in [-0.2, 0) is 4.74 Å². The van der Waals surface area contributed by atoms with Gasteiger partial charge in [-0.1, -0.05) is 32.6 Å². The zero-order valence-corrected chi connectivity index (χ0v) is 14.2. The molecule has 3 atom stereocenters. The number of morpholine rings is 1. The van der Waals surface area contributed by atoms with E-state index in [0.29, 0.717) is 5.92 Å². The smallest absolute Gasteiger partial charge is 0.0708 e. The van der Waals surface area contributed by atoms with Crippen LogP contribution in [0.15, 0.2) is 0 Å². The lowest BCUT2D eigenvalue weighted by atomic mass is 9.76. The molecule has 3 aliphatic rings. The maximum Gasteiger partial charge on any atom is 0.0708 e. The summed E-state index contributed by atoms with van der Waals surface area (Å²) < 4.78 is 5.40. The fraction of sp³-hybridized carbons (Fsp3) is 1.00. The summed E-state index contributed by atoms with van der Waals surface area (Å²) in [5.41, 5.74) is 0. The van der Waals surface area contributed by atoms with Crippen LogP contribution in [0.4, 0.5) is 0 Å². The minimum Gasteiger partial charge on any atom is -0.391 e. The van der Waals surface area contributed by atoms with Crippen molar-refractivity contribution in [1.82, 2.24) is 10.2 Å². The third kappa shape index (κ3) is 4.67. The van der Waals surface area contributed by atoms with E-state index in [9.17, 15) is 5.11 Å². The minimum absolute atomic E-state index is 0.177. The van der Waals surface area contributed by atoms with E-state index >= 15 is 0 Å². The van der Waals surface area contributed by atoms with Gasteiger partial charge in [0.05, 0.1) is 19.3 Å². The number of aliphatic hydroxyl groups is 1. The number of nitrogens with zero attached hydrogens (tertiary/aromatic N) is 1. The number of rotatable bonds is 4. The van der Waals surface area contributed by atoms with Crippen LogP contribution in [0.5, 0.6) is 0 Å². The van der Waals surface area contributed by atoms with E-state index in [0.717, 1.165) is 57.6 Å². The molecule has 0 amide bonds. The number of hydrogen-bond donors (Lipinski definition) is 2. The Morgan fingerprint density at radius 2 is 1.82 bits per heavy atom. The molecule has 1 aliphatic carbocycles. The van der Waals surface area contributed by atoms with Crippen molar-refractivity contribution in [2.24, 2.45) is 17.8 Å². The first-order valence-corrected chi connectivity index (χ1v) is 9.42. The first-order chi connectivity index (χ1) is 10.7. The fourth-order valence-corrected chi connectivity index (χ4v) is 4.51. The van der Waals surface area contributed by atoms with E-state index in [1.807, 2.05) is 0 Å². The molecular weight excluding hydrogens is 276 g/mol. The molecule has 0 aromatic carbocycles. The van der Waals surface area contributed by atoms with Gasteiger partial charge in [-0.3, -0.25) is 4.90 Å². The molecular formula is C18H34N2O2. The molecule has 0 aromatic rings. The number of piperidine rings is 1. The Morgan fingerprint density at radius 3 is 2.50 bits per heavy atom. The lowest BCUT2D eigenvalue weighted by Gasteiger charge is -2.39. The number of ether oxygens (including phenoxy) is 1. The normalized spacial score (nSPS) is 41.5. The molecule has 4 heteroatoms. The Balaban J connectivity index is 1.39. The summed E-state index contributed by atoms with van der Waals surface area (Å²) in [4.78, 5) is 2.42. The molecule has 2 saturated heterocycles. The van der Waals surface area contributed by atoms with Crippen LogP contribution < -0.4 is 5.32 Å². The van der Waals surface area contributed by atoms with Crippen LogP contribution in [0.2, 0.25) is 0 Å². The second kappa shape index (κ2) is 8.09. The third-order valence-corrected chi connectivity index (χ3v) is 6.07.